The highest BCUT2D eigenvalue weighted by molar-refractivity contribution is 9.10. The fourth-order valence-corrected chi connectivity index (χ4v) is 5.42. The smallest absolute Gasteiger partial charge is 0.335 e. The first-order valence-electron chi connectivity index (χ1n) is 11.4. The van der Waals surface area contributed by atoms with Gasteiger partial charge in [0, 0.05) is 7.05 Å². The van der Waals surface area contributed by atoms with Gasteiger partial charge >= 0.3 is 5.97 Å². The number of carbonyl (C=O) groups is 2. The molecule has 5 rings (SSSR count). The third-order valence-electron chi connectivity index (χ3n) is 5.84. The summed E-state index contributed by atoms with van der Waals surface area (Å²) in [4.78, 5) is 30.5. The van der Waals surface area contributed by atoms with Crippen LogP contribution in [0.4, 0.5) is 5.69 Å². The minimum Gasteiger partial charge on any atom is -0.488 e. The Morgan fingerprint density at radius 2 is 1.84 bits per heavy atom. The number of rotatable bonds is 6. The molecular formula is C29H21BrN2O4S. The molecule has 37 heavy (non-hydrogen) atoms. The summed E-state index contributed by atoms with van der Waals surface area (Å²) in [6, 6.07) is 26.4. The average Bonchev–Trinajstić information content (AvgIpc) is 3.16. The summed E-state index contributed by atoms with van der Waals surface area (Å²) in [5.41, 5.74) is 2.55. The number of carboxylic acids is 1. The first-order chi connectivity index (χ1) is 17.9. The highest BCUT2D eigenvalue weighted by Gasteiger charge is 2.30. The summed E-state index contributed by atoms with van der Waals surface area (Å²) in [5, 5.41) is 12.0. The standard InChI is InChI=1S/C29H21BrN2O4S/c1-32-27(33)26(37-29(32)31-22-10-5-8-20(16-22)28(34)35)15-18-12-13-25(24(30)14-18)36-17-21-9-4-7-19-6-2-3-11-23(19)21/h2-16H,17H2,1H3,(H,34,35). The summed E-state index contributed by atoms with van der Waals surface area (Å²) < 4.78 is 6.88. The number of thioether (sulfide) groups is 1. The quantitative estimate of drug-likeness (QED) is 0.249. The lowest BCUT2D eigenvalue weighted by Crippen LogP contribution is -2.23. The maximum atomic E-state index is 12.8. The van der Waals surface area contributed by atoms with Gasteiger partial charge in [-0.15, -0.1) is 0 Å². The molecule has 0 spiro atoms. The second-order valence-corrected chi connectivity index (χ2v) is 10.2. The molecule has 6 nitrogen and oxygen atoms in total. The lowest BCUT2D eigenvalue weighted by molar-refractivity contribution is -0.121. The Morgan fingerprint density at radius 1 is 1.05 bits per heavy atom. The van der Waals surface area contributed by atoms with Crippen molar-refractivity contribution in [3.63, 3.8) is 0 Å². The van der Waals surface area contributed by atoms with Crippen LogP contribution in [0.2, 0.25) is 0 Å². The van der Waals surface area contributed by atoms with Crippen molar-refractivity contribution in [2.75, 3.05) is 7.05 Å². The number of ether oxygens (including phenoxy) is 1. The zero-order valence-electron chi connectivity index (χ0n) is 19.7. The molecule has 1 N–H and O–H groups in total. The van der Waals surface area contributed by atoms with Crippen LogP contribution in [-0.4, -0.2) is 34.1 Å². The van der Waals surface area contributed by atoms with E-state index >= 15 is 0 Å². The summed E-state index contributed by atoms with van der Waals surface area (Å²) in [5.74, 6) is -0.495. The third kappa shape index (κ3) is 5.45. The number of halogens is 1. The SMILES string of the molecule is CN1C(=O)C(=Cc2ccc(OCc3cccc4ccccc34)c(Br)c2)SC1=Nc1cccc(C(=O)O)c1. The topological polar surface area (TPSA) is 79.2 Å². The van der Waals surface area contributed by atoms with E-state index in [9.17, 15) is 14.7 Å². The molecule has 0 saturated carbocycles. The van der Waals surface area contributed by atoms with Gasteiger partial charge in [-0.2, -0.15) is 0 Å². The molecule has 1 saturated heterocycles. The van der Waals surface area contributed by atoms with Crippen molar-refractivity contribution in [2.45, 2.75) is 6.61 Å². The number of hydrogen-bond acceptors (Lipinski definition) is 5. The average molecular weight is 573 g/mol. The van der Waals surface area contributed by atoms with E-state index in [2.05, 4.69) is 45.2 Å². The van der Waals surface area contributed by atoms with E-state index in [1.807, 2.05) is 36.4 Å². The number of amidine groups is 1. The molecule has 1 fully saturated rings. The van der Waals surface area contributed by atoms with Gasteiger partial charge in [-0.25, -0.2) is 9.79 Å². The Bertz CT molecular complexity index is 1590. The van der Waals surface area contributed by atoms with E-state index in [1.165, 1.54) is 34.2 Å². The number of carboxylic acid groups (broad SMARTS) is 1. The van der Waals surface area contributed by atoms with Gasteiger partial charge in [0.15, 0.2) is 5.17 Å². The molecule has 4 aromatic rings. The molecule has 184 valence electrons. The lowest BCUT2D eigenvalue weighted by atomic mass is 10.1. The Kier molecular flexibility index (Phi) is 7.12. The number of hydrogen-bond donors (Lipinski definition) is 1. The highest BCUT2D eigenvalue weighted by Crippen LogP contribution is 2.35. The summed E-state index contributed by atoms with van der Waals surface area (Å²) in [7, 11) is 1.65. The van der Waals surface area contributed by atoms with Crippen LogP contribution in [0.1, 0.15) is 21.5 Å². The summed E-state index contributed by atoms with van der Waals surface area (Å²) in [6.45, 7) is 0.433. The number of carbonyl (C=O) groups excluding carboxylic acids is 1. The summed E-state index contributed by atoms with van der Waals surface area (Å²) in [6.07, 6.45) is 1.80. The minimum atomic E-state index is -1.03. The Balaban J connectivity index is 1.32. The maximum absolute atomic E-state index is 12.8. The van der Waals surface area contributed by atoms with Crippen LogP contribution in [0.15, 0.2) is 99.3 Å². The number of likely N-dealkylation sites (N-methyl/N-ethyl adjacent to an activating group) is 1. The molecule has 0 aromatic heterocycles. The van der Waals surface area contributed by atoms with Gasteiger partial charge < -0.3 is 9.84 Å². The van der Waals surface area contributed by atoms with Crippen LogP contribution in [0.5, 0.6) is 5.75 Å². The predicted octanol–water partition coefficient (Wildman–Crippen LogP) is 7.11. The van der Waals surface area contributed by atoms with E-state index in [1.54, 1.807) is 25.3 Å². The van der Waals surface area contributed by atoms with Crippen molar-refractivity contribution in [3.8, 4) is 5.75 Å². The molecular weight excluding hydrogens is 552 g/mol. The number of benzene rings is 4. The monoisotopic (exact) mass is 572 g/mol. The minimum absolute atomic E-state index is 0.141. The fourth-order valence-electron chi connectivity index (χ4n) is 3.92. The number of fused-ring (bicyclic) bond motifs is 1. The van der Waals surface area contributed by atoms with E-state index in [0.29, 0.717) is 28.1 Å². The normalized spacial score (nSPS) is 15.6. The third-order valence-corrected chi connectivity index (χ3v) is 7.52. The molecule has 4 aromatic carbocycles. The van der Waals surface area contributed by atoms with Gasteiger partial charge in [-0.05, 0) is 86.0 Å². The molecule has 0 radical (unpaired) electrons. The van der Waals surface area contributed by atoms with Gasteiger partial charge in [0.2, 0.25) is 0 Å². The highest BCUT2D eigenvalue weighted by atomic mass is 79.9. The molecule has 0 bridgehead atoms. The van der Waals surface area contributed by atoms with Crippen LogP contribution in [0.25, 0.3) is 16.8 Å². The van der Waals surface area contributed by atoms with Crippen molar-refractivity contribution in [1.82, 2.24) is 4.90 Å². The van der Waals surface area contributed by atoms with Gasteiger partial charge in [-0.3, -0.25) is 9.69 Å². The molecule has 0 aliphatic carbocycles. The van der Waals surface area contributed by atoms with Gasteiger partial charge in [0.25, 0.3) is 5.91 Å². The Hall–Kier alpha value is -3.88. The zero-order valence-corrected chi connectivity index (χ0v) is 22.1. The van der Waals surface area contributed by atoms with Crippen LogP contribution in [0.3, 0.4) is 0 Å². The van der Waals surface area contributed by atoms with Crippen LogP contribution >= 0.6 is 27.7 Å². The molecule has 0 atom stereocenters. The van der Waals surface area contributed by atoms with Crippen LogP contribution < -0.4 is 4.74 Å². The van der Waals surface area contributed by atoms with Gasteiger partial charge in [-0.1, -0.05) is 54.6 Å². The zero-order chi connectivity index (χ0) is 25.9. The van der Waals surface area contributed by atoms with Crippen molar-refractivity contribution in [1.29, 1.82) is 0 Å². The first kappa shape index (κ1) is 24.8. The van der Waals surface area contributed by atoms with E-state index in [4.69, 9.17) is 4.74 Å². The fraction of sp³-hybridized carbons (Fsp3) is 0.0690. The van der Waals surface area contributed by atoms with Crippen LogP contribution in [-0.2, 0) is 11.4 Å². The number of nitrogens with zero attached hydrogens (tertiary/aromatic N) is 2. The molecule has 1 aliphatic heterocycles. The first-order valence-corrected chi connectivity index (χ1v) is 13.0. The molecule has 8 heteroatoms. The predicted molar refractivity (Wildman–Crippen MR) is 151 cm³/mol. The number of aromatic carboxylic acids is 1. The lowest BCUT2D eigenvalue weighted by Gasteiger charge is -2.11. The van der Waals surface area contributed by atoms with Crippen molar-refractivity contribution in [2.24, 2.45) is 4.99 Å². The Labute approximate surface area is 226 Å². The molecule has 1 aliphatic rings. The largest absolute Gasteiger partial charge is 0.488 e. The molecule has 1 heterocycles. The maximum Gasteiger partial charge on any atom is 0.335 e. The molecule has 0 unspecified atom stereocenters. The van der Waals surface area contributed by atoms with Crippen molar-refractivity contribution < 1.29 is 19.4 Å². The number of amides is 1. The molecule has 1 amide bonds. The Morgan fingerprint density at radius 3 is 2.65 bits per heavy atom. The van der Waals surface area contributed by atoms with Gasteiger partial charge in [0.1, 0.15) is 12.4 Å². The van der Waals surface area contributed by atoms with Crippen molar-refractivity contribution >= 4 is 67.3 Å². The number of aliphatic imine (C=N–C) groups is 1. The van der Waals surface area contributed by atoms with Gasteiger partial charge in [0.05, 0.1) is 20.6 Å². The van der Waals surface area contributed by atoms with E-state index in [-0.39, 0.29) is 11.5 Å². The van der Waals surface area contributed by atoms with Crippen molar-refractivity contribution in [3.05, 3.63) is 111 Å². The summed E-state index contributed by atoms with van der Waals surface area (Å²) >= 11 is 4.84. The second-order valence-electron chi connectivity index (χ2n) is 8.34. The van der Waals surface area contributed by atoms with E-state index in [0.717, 1.165) is 21.0 Å². The van der Waals surface area contributed by atoms with Crippen LogP contribution in [0, 0.1) is 0 Å². The van der Waals surface area contributed by atoms with E-state index < -0.39 is 5.97 Å². The second kappa shape index (κ2) is 10.6.